The Labute approximate surface area is 121 Å². The number of halogens is 1. The standard InChI is InChI=1S/C10H14ClN3O3S2/c1-7-9(18-10(11)12-7)19(16,17)14-5-3-4-13(2)8(15)6-14/h3-6H2,1-2H3. The SMILES string of the molecule is Cc1nc(Cl)sc1S(=O)(=O)N1CCCN(C)C(=O)C1. The third-order valence-electron chi connectivity index (χ3n) is 2.94. The van der Waals surface area contributed by atoms with E-state index >= 15 is 0 Å². The van der Waals surface area contributed by atoms with Gasteiger partial charge < -0.3 is 4.90 Å². The smallest absolute Gasteiger partial charge is 0.254 e. The third-order valence-corrected chi connectivity index (χ3v) is 6.63. The average molecular weight is 324 g/mol. The van der Waals surface area contributed by atoms with Gasteiger partial charge in [-0.1, -0.05) is 22.9 Å². The van der Waals surface area contributed by atoms with E-state index in [0.717, 1.165) is 11.3 Å². The zero-order valence-electron chi connectivity index (χ0n) is 10.6. The van der Waals surface area contributed by atoms with Crippen LogP contribution in [0.4, 0.5) is 0 Å². The summed E-state index contributed by atoms with van der Waals surface area (Å²) in [7, 11) is -2.02. The van der Waals surface area contributed by atoms with Gasteiger partial charge in [-0.15, -0.1) is 0 Å². The summed E-state index contributed by atoms with van der Waals surface area (Å²) in [6.45, 7) is 2.36. The van der Waals surface area contributed by atoms with E-state index in [4.69, 9.17) is 11.6 Å². The molecule has 0 aromatic carbocycles. The van der Waals surface area contributed by atoms with Crippen molar-refractivity contribution in [3.63, 3.8) is 0 Å². The first-order chi connectivity index (χ1) is 8.82. The Morgan fingerprint density at radius 1 is 1.37 bits per heavy atom. The molecule has 1 aromatic heterocycles. The highest BCUT2D eigenvalue weighted by Crippen LogP contribution is 2.29. The molecule has 19 heavy (non-hydrogen) atoms. The summed E-state index contributed by atoms with van der Waals surface area (Å²) in [5.41, 5.74) is 0.375. The average Bonchev–Trinajstić information content (AvgIpc) is 2.57. The van der Waals surface area contributed by atoms with Crippen LogP contribution in [0.25, 0.3) is 0 Å². The van der Waals surface area contributed by atoms with E-state index in [1.54, 1.807) is 18.9 Å². The van der Waals surface area contributed by atoms with Crippen molar-refractivity contribution in [2.45, 2.75) is 17.6 Å². The second-order valence-electron chi connectivity index (χ2n) is 4.35. The fraction of sp³-hybridized carbons (Fsp3) is 0.600. The molecule has 2 heterocycles. The highest BCUT2D eigenvalue weighted by molar-refractivity contribution is 7.91. The number of aryl methyl sites for hydroxylation is 1. The molecule has 1 aromatic rings. The van der Waals surface area contributed by atoms with E-state index in [1.807, 2.05) is 0 Å². The van der Waals surface area contributed by atoms with Crippen LogP contribution < -0.4 is 0 Å². The molecule has 1 aliphatic rings. The van der Waals surface area contributed by atoms with E-state index < -0.39 is 10.0 Å². The zero-order valence-corrected chi connectivity index (χ0v) is 13.0. The quantitative estimate of drug-likeness (QED) is 0.812. The molecule has 9 heteroatoms. The normalized spacial score (nSPS) is 18.7. The van der Waals surface area contributed by atoms with Gasteiger partial charge in [0, 0.05) is 20.1 Å². The first kappa shape index (κ1) is 14.7. The van der Waals surface area contributed by atoms with Crippen LogP contribution >= 0.6 is 22.9 Å². The molecule has 0 saturated carbocycles. The number of amides is 1. The van der Waals surface area contributed by atoms with Gasteiger partial charge in [0.25, 0.3) is 10.0 Å². The van der Waals surface area contributed by atoms with Crippen LogP contribution in [0.3, 0.4) is 0 Å². The highest BCUT2D eigenvalue weighted by Gasteiger charge is 2.32. The summed E-state index contributed by atoms with van der Waals surface area (Å²) >= 11 is 6.67. The molecule has 0 aliphatic carbocycles. The fourth-order valence-electron chi connectivity index (χ4n) is 1.87. The van der Waals surface area contributed by atoms with Crippen LogP contribution in [0, 0.1) is 6.92 Å². The Morgan fingerprint density at radius 2 is 2.05 bits per heavy atom. The lowest BCUT2D eigenvalue weighted by Crippen LogP contribution is -2.37. The predicted molar refractivity (Wildman–Crippen MR) is 72.9 cm³/mol. The van der Waals surface area contributed by atoms with Gasteiger partial charge in [0.15, 0.2) is 8.68 Å². The maximum absolute atomic E-state index is 12.5. The van der Waals surface area contributed by atoms with Crippen molar-refractivity contribution < 1.29 is 13.2 Å². The number of carbonyl (C=O) groups excluding carboxylic acids is 1. The van der Waals surface area contributed by atoms with Crippen LogP contribution in [0.1, 0.15) is 12.1 Å². The van der Waals surface area contributed by atoms with Crippen molar-refractivity contribution in [1.82, 2.24) is 14.2 Å². The van der Waals surface area contributed by atoms with E-state index in [1.165, 1.54) is 4.31 Å². The Balaban J connectivity index is 2.34. The molecule has 1 fully saturated rings. The molecular formula is C10H14ClN3O3S2. The zero-order chi connectivity index (χ0) is 14.2. The van der Waals surface area contributed by atoms with Crippen molar-refractivity contribution in [3.05, 3.63) is 10.2 Å². The first-order valence-corrected chi connectivity index (χ1v) is 8.33. The van der Waals surface area contributed by atoms with Gasteiger partial charge in [0.1, 0.15) is 0 Å². The summed E-state index contributed by atoms with van der Waals surface area (Å²) in [4.78, 5) is 17.2. The van der Waals surface area contributed by atoms with E-state index in [9.17, 15) is 13.2 Å². The molecule has 0 unspecified atom stereocenters. The molecule has 0 radical (unpaired) electrons. The van der Waals surface area contributed by atoms with Gasteiger partial charge in [0.2, 0.25) is 5.91 Å². The second-order valence-corrected chi connectivity index (χ2v) is 8.06. The number of aromatic nitrogens is 1. The van der Waals surface area contributed by atoms with Gasteiger partial charge in [0.05, 0.1) is 12.2 Å². The maximum atomic E-state index is 12.5. The predicted octanol–water partition coefficient (Wildman–Crippen LogP) is 0.958. The molecule has 0 atom stereocenters. The lowest BCUT2D eigenvalue weighted by Gasteiger charge is -2.18. The topological polar surface area (TPSA) is 70.6 Å². The Bertz CT molecular complexity index is 599. The number of nitrogens with zero attached hydrogens (tertiary/aromatic N) is 3. The van der Waals surface area contributed by atoms with Crippen LogP contribution in [-0.4, -0.2) is 55.2 Å². The third kappa shape index (κ3) is 2.91. The van der Waals surface area contributed by atoms with Gasteiger partial charge in [-0.2, -0.15) is 4.31 Å². The van der Waals surface area contributed by atoms with Crippen LogP contribution in [0.5, 0.6) is 0 Å². The number of rotatable bonds is 2. The van der Waals surface area contributed by atoms with Crippen LogP contribution in [0.15, 0.2) is 4.21 Å². The van der Waals surface area contributed by atoms with Crippen molar-refractivity contribution in [2.24, 2.45) is 0 Å². The van der Waals surface area contributed by atoms with Crippen molar-refractivity contribution in [3.8, 4) is 0 Å². The number of hydrogen-bond acceptors (Lipinski definition) is 5. The number of carbonyl (C=O) groups is 1. The van der Waals surface area contributed by atoms with Crippen molar-refractivity contribution >= 4 is 38.9 Å². The van der Waals surface area contributed by atoms with Gasteiger partial charge >= 0.3 is 0 Å². The number of hydrogen-bond donors (Lipinski definition) is 0. The van der Waals surface area contributed by atoms with E-state index in [0.29, 0.717) is 25.2 Å². The lowest BCUT2D eigenvalue weighted by molar-refractivity contribution is -0.129. The van der Waals surface area contributed by atoms with Gasteiger partial charge in [-0.05, 0) is 13.3 Å². The van der Waals surface area contributed by atoms with Crippen molar-refractivity contribution in [2.75, 3.05) is 26.7 Å². The summed E-state index contributed by atoms with van der Waals surface area (Å²) in [5, 5.41) is 0. The largest absolute Gasteiger partial charge is 0.345 e. The molecule has 6 nitrogen and oxygen atoms in total. The molecule has 2 rings (SSSR count). The number of likely N-dealkylation sites (N-methyl/N-ethyl adjacent to an activating group) is 1. The Kier molecular flexibility index (Phi) is 4.14. The summed E-state index contributed by atoms with van der Waals surface area (Å²) in [6.07, 6.45) is 0.618. The molecule has 0 N–H and O–H groups in total. The lowest BCUT2D eigenvalue weighted by atomic mass is 10.4. The van der Waals surface area contributed by atoms with E-state index in [-0.39, 0.29) is 21.1 Å². The monoisotopic (exact) mass is 323 g/mol. The van der Waals surface area contributed by atoms with Crippen molar-refractivity contribution in [1.29, 1.82) is 0 Å². The number of sulfonamides is 1. The molecule has 0 bridgehead atoms. The molecule has 0 spiro atoms. The summed E-state index contributed by atoms with van der Waals surface area (Å²) in [6, 6.07) is 0. The van der Waals surface area contributed by atoms with Gasteiger partial charge in [-0.25, -0.2) is 13.4 Å². The molecule has 1 saturated heterocycles. The number of thiazole rings is 1. The molecule has 1 aliphatic heterocycles. The van der Waals surface area contributed by atoms with Gasteiger partial charge in [-0.3, -0.25) is 4.79 Å². The van der Waals surface area contributed by atoms with Crippen LogP contribution in [-0.2, 0) is 14.8 Å². The molecule has 1 amide bonds. The summed E-state index contributed by atoms with van der Waals surface area (Å²) < 4.78 is 26.5. The van der Waals surface area contributed by atoms with E-state index in [2.05, 4.69) is 4.98 Å². The molecular weight excluding hydrogens is 310 g/mol. The highest BCUT2D eigenvalue weighted by atomic mass is 35.5. The molecule has 106 valence electrons. The summed E-state index contributed by atoms with van der Waals surface area (Å²) in [5.74, 6) is -0.200. The second kappa shape index (κ2) is 5.35. The minimum absolute atomic E-state index is 0.120. The van der Waals surface area contributed by atoms with Crippen LogP contribution in [0.2, 0.25) is 4.47 Å². The maximum Gasteiger partial charge on any atom is 0.254 e. The minimum Gasteiger partial charge on any atom is -0.345 e. The first-order valence-electron chi connectivity index (χ1n) is 5.69. The Hall–Kier alpha value is -0.700. The minimum atomic E-state index is -3.69. The Morgan fingerprint density at radius 3 is 2.63 bits per heavy atom. The fourth-order valence-corrected chi connectivity index (χ4v) is 5.17.